The Morgan fingerprint density at radius 2 is 1.59 bits per heavy atom. The number of carbonyl (C=O) groups excluding carboxylic acids is 2. The van der Waals surface area contributed by atoms with Crippen LogP contribution in [0.4, 0.5) is 5.69 Å². The molecular formula is C27H35NO4. The van der Waals surface area contributed by atoms with Gasteiger partial charge in [-0.1, -0.05) is 39.3 Å². The maximum absolute atomic E-state index is 12.3. The van der Waals surface area contributed by atoms with Crippen LogP contribution in [0, 0.1) is 0 Å². The van der Waals surface area contributed by atoms with E-state index in [1.54, 1.807) is 24.3 Å². The molecule has 0 spiro atoms. The van der Waals surface area contributed by atoms with Gasteiger partial charge in [0.05, 0.1) is 12.2 Å². The van der Waals surface area contributed by atoms with Gasteiger partial charge in [0, 0.05) is 12.1 Å². The lowest BCUT2D eigenvalue weighted by Crippen LogP contribution is -2.21. The minimum atomic E-state index is -0.289. The molecule has 172 valence electrons. The molecule has 1 saturated carbocycles. The highest BCUT2D eigenvalue weighted by molar-refractivity contribution is 5.93. The van der Waals surface area contributed by atoms with Crippen LogP contribution in [0.3, 0.4) is 0 Å². The summed E-state index contributed by atoms with van der Waals surface area (Å²) in [4.78, 5) is 24.5. The zero-order valence-electron chi connectivity index (χ0n) is 19.5. The van der Waals surface area contributed by atoms with Crippen molar-refractivity contribution in [1.82, 2.24) is 0 Å². The smallest absolute Gasteiger partial charge is 0.338 e. The number of amides is 1. The van der Waals surface area contributed by atoms with Gasteiger partial charge in [-0.05, 0) is 79.5 Å². The van der Waals surface area contributed by atoms with Gasteiger partial charge in [0.2, 0.25) is 5.91 Å². The van der Waals surface area contributed by atoms with Crippen molar-refractivity contribution < 1.29 is 19.1 Å². The Morgan fingerprint density at radius 1 is 0.938 bits per heavy atom. The van der Waals surface area contributed by atoms with Crippen LogP contribution >= 0.6 is 0 Å². The number of ether oxygens (including phenoxy) is 2. The van der Waals surface area contributed by atoms with E-state index in [1.807, 2.05) is 12.1 Å². The molecule has 5 nitrogen and oxygen atoms in total. The second-order valence-corrected chi connectivity index (χ2v) is 9.52. The third-order valence-corrected chi connectivity index (χ3v) is 5.77. The summed E-state index contributed by atoms with van der Waals surface area (Å²) in [7, 11) is 0. The van der Waals surface area contributed by atoms with Gasteiger partial charge >= 0.3 is 5.97 Å². The molecule has 2 aromatic carbocycles. The first-order chi connectivity index (χ1) is 15.3. The van der Waals surface area contributed by atoms with Crippen molar-refractivity contribution in [3.8, 4) is 5.75 Å². The second kappa shape index (κ2) is 11.2. The SMILES string of the molecule is CC(C)(C)c1ccc(OCCCC(=O)Nc2ccc(C(=O)OC3CCCCC3)cc2)cc1. The molecule has 3 rings (SSSR count). The average molecular weight is 438 g/mol. The maximum atomic E-state index is 12.3. The highest BCUT2D eigenvalue weighted by Crippen LogP contribution is 2.24. The van der Waals surface area contributed by atoms with E-state index in [2.05, 4.69) is 38.2 Å². The van der Waals surface area contributed by atoms with E-state index in [1.165, 1.54) is 12.0 Å². The minimum absolute atomic E-state index is 0.0364. The number of nitrogens with one attached hydrogen (secondary N) is 1. The van der Waals surface area contributed by atoms with Crippen molar-refractivity contribution in [3.05, 3.63) is 59.7 Å². The fourth-order valence-corrected chi connectivity index (χ4v) is 3.79. The monoisotopic (exact) mass is 437 g/mol. The normalized spacial score (nSPS) is 14.6. The van der Waals surface area contributed by atoms with Crippen molar-refractivity contribution in [2.45, 2.75) is 77.2 Å². The third-order valence-electron chi connectivity index (χ3n) is 5.77. The van der Waals surface area contributed by atoms with Crippen LogP contribution in [-0.4, -0.2) is 24.6 Å². The van der Waals surface area contributed by atoms with Crippen LogP contribution in [0.25, 0.3) is 0 Å². The van der Waals surface area contributed by atoms with Gasteiger partial charge in [0.1, 0.15) is 11.9 Å². The highest BCUT2D eigenvalue weighted by Gasteiger charge is 2.18. The topological polar surface area (TPSA) is 64.6 Å². The zero-order valence-corrected chi connectivity index (χ0v) is 19.5. The molecule has 1 N–H and O–H groups in total. The first kappa shape index (κ1) is 23.8. The molecule has 0 saturated heterocycles. The number of hydrogen-bond donors (Lipinski definition) is 1. The highest BCUT2D eigenvalue weighted by atomic mass is 16.5. The van der Waals surface area contributed by atoms with Crippen LogP contribution < -0.4 is 10.1 Å². The van der Waals surface area contributed by atoms with Gasteiger partial charge in [-0.15, -0.1) is 0 Å². The van der Waals surface area contributed by atoms with Crippen LogP contribution in [0.5, 0.6) is 5.75 Å². The summed E-state index contributed by atoms with van der Waals surface area (Å²) in [5.74, 6) is 0.450. The molecule has 0 aliphatic heterocycles. The number of rotatable bonds is 8. The molecule has 0 bridgehead atoms. The van der Waals surface area contributed by atoms with Gasteiger partial charge in [0.25, 0.3) is 0 Å². The van der Waals surface area contributed by atoms with Crippen molar-refractivity contribution >= 4 is 17.6 Å². The number of benzene rings is 2. The fourth-order valence-electron chi connectivity index (χ4n) is 3.79. The Balaban J connectivity index is 1.37. The molecule has 1 fully saturated rings. The summed E-state index contributed by atoms with van der Waals surface area (Å²) in [6, 6.07) is 15.0. The quantitative estimate of drug-likeness (QED) is 0.390. The molecule has 0 atom stereocenters. The second-order valence-electron chi connectivity index (χ2n) is 9.52. The number of anilines is 1. The molecule has 2 aromatic rings. The standard InChI is InChI=1S/C27H35NO4/c1-27(2,3)21-13-17-23(18-14-21)31-19-7-10-25(29)28-22-15-11-20(12-16-22)26(30)32-24-8-5-4-6-9-24/h11-18,24H,4-10,19H2,1-3H3,(H,28,29). The van der Waals surface area contributed by atoms with Crippen molar-refractivity contribution in [1.29, 1.82) is 0 Å². The average Bonchev–Trinajstić information content (AvgIpc) is 2.77. The van der Waals surface area contributed by atoms with E-state index in [9.17, 15) is 9.59 Å². The predicted octanol–water partition coefficient (Wildman–Crippen LogP) is 6.27. The number of esters is 1. The lowest BCUT2D eigenvalue weighted by Gasteiger charge is -2.21. The Labute approximate surface area is 191 Å². The molecule has 32 heavy (non-hydrogen) atoms. The predicted molar refractivity (Wildman–Crippen MR) is 127 cm³/mol. The molecule has 0 heterocycles. The van der Waals surface area contributed by atoms with Crippen molar-refractivity contribution in [3.63, 3.8) is 0 Å². The summed E-state index contributed by atoms with van der Waals surface area (Å²) in [5.41, 5.74) is 2.56. The van der Waals surface area contributed by atoms with E-state index in [0.717, 1.165) is 31.4 Å². The van der Waals surface area contributed by atoms with E-state index in [4.69, 9.17) is 9.47 Å². The molecule has 0 unspecified atom stereocenters. The van der Waals surface area contributed by atoms with Crippen molar-refractivity contribution in [2.24, 2.45) is 0 Å². The van der Waals surface area contributed by atoms with E-state index >= 15 is 0 Å². The minimum Gasteiger partial charge on any atom is -0.494 e. The van der Waals surface area contributed by atoms with Gasteiger partial charge in [0.15, 0.2) is 0 Å². The van der Waals surface area contributed by atoms with Crippen LogP contribution in [0.15, 0.2) is 48.5 Å². The largest absolute Gasteiger partial charge is 0.494 e. The zero-order chi connectivity index (χ0) is 23.0. The van der Waals surface area contributed by atoms with Crippen LogP contribution in [0.2, 0.25) is 0 Å². The van der Waals surface area contributed by atoms with E-state index in [0.29, 0.717) is 30.7 Å². The molecule has 1 amide bonds. The van der Waals surface area contributed by atoms with Crippen LogP contribution in [0.1, 0.15) is 81.6 Å². The summed E-state index contributed by atoms with van der Waals surface area (Å²) in [6.07, 6.45) is 6.39. The third kappa shape index (κ3) is 7.40. The fraction of sp³-hybridized carbons (Fsp3) is 0.481. The lowest BCUT2D eigenvalue weighted by molar-refractivity contribution is -0.116. The van der Waals surface area contributed by atoms with Crippen molar-refractivity contribution in [2.75, 3.05) is 11.9 Å². The first-order valence-corrected chi connectivity index (χ1v) is 11.7. The summed E-state index contributed by atoms with van der Waals surface area (Å²) >= 11 is 0. The lowest BCUT2D eigenvalue weighted by atomic mass is 9.87. The molecule has 1 aliphatic rings. The maximum Gasteiger partial charge on any atom is 0.338 e. The Hall–Kier alpha value is -2.82. The van der Waals surface area contributed by atoms with Gasteiger partial charge < -0.3 is 14.8 Å². The molecule has 1 aliphatic carbocycles. The first-order valence-electron chi connectivity index (χ1n) is 11.7. The van der Waals surface area contributed by atoms with Gasteiger partial charge in [-0.3, -0.25) is 4.79 Å². The number of carbonyl (C=O) groups is 2. The van der Waals surface area contributed by atoms with E-state index in [-0.39, 0.29) is 23.4 Å². The Kier molecular flexibility index (Phi) is 8.32. The van der Waals surface area contributed by atoms with Crippen LogP contribution in [-0.2, 0) is 14.9 Å². The van der Waals surface area contributed by atoms with Gasteiger partial charge in [-0.25, -0.2) is 4.79 Å². The Bertz CT molecular complexity index is 875. The molecular weight excluding hydrogens is 402 g/mol. The van der Waals surface area contributed by atoms with E-state index < -0.39 is 0 Å². The summed E-state index contributed by atoms with van der Waals surface area (Å²) in [5, 5.41) is 2.87. The van der Waals surface area contributed by atoms with Gasteiger partial charge in [-0.2, -0.15) is 0 Å². The molecule has 5 heteroatoms. The molecule has 0 radical (unpaired) electrons. The molecule has 0 aromatic heterocycles. The summed E-state index contributed by atoms with van der Waals surface area (Å²) in [6.45, 7) is 7.02. The number of hydrogen-bond acceptors (Lipinski definition) is 4. The Morgan fingerprint density at radius 3 is 2.22 bits per heavy atom. The summed E-state index contributed by atoms with van der Waals surface area (Å²) < 4.78 is 11.3.